The monoisotopic (exact) mass is 796 g/mol. The number of likely N-dealkylation sites (tertiary alicyclic amines) is 2. The van der Waals surface area contributed by atoms with Crippen LogP contribution in [0.5, 0.6) is 5.75 Å². The number of rotatable bonds is 15. The van der Waals surface area contributed by atoms with Crippen LogP contribution < -0.4 is 10.2 Å². The summed E-state index contributed by atoms with van der Waals surface area (Å²) in [7, 11) is 1.89. The predicted octanol–water partition coefficient (Wildman–Crippen LogP) is 5.26. The van der Waals surface area contributed by atoms with Crippen LogP contribution in [0.1, 0.15) is 64.7 Å². The van der Waals surface area contributed by atoms with Crippen molar-refractivity contribution in [3.05, 3.63) is 88.5 Å². The van der Waals surface area contributed by atoms with Gasteiger partial charge in [0.05, 0.1) is 5.56 Å². The Balaban J connectivity index is 1.03. The SMILES string of the molecule is CNc1ccccc1CCN(C=O)C1CCN(C(=O)O[C@H](Cc2cc(C)c(O)c(C)c2)C(=O)N2CCN(c3ccc(C(=O)OCCN4CCCCC4)cc3)CC2)CC1. The summed E-state index contributed by atoms with van der Waals surface area (Å²) in [5, 5.41) is 13.6. The standard InChI is InChI=1S/C45H60N6O7/c1-33-29-35(30-34(2)42(33)53)31-41(58-45(56)50-21-16-39(17-22-50)51(32-52)20-15-36-9-5-6-10-40(36)46-3)43(54)49-25-23-48(24-26-49)38-13-11-37(12-14-38)44(55)57-28-27-47-18-7-4-8-19-47/h5-6,9-14,29-30,32,39,41,46,53H,4,7-8,15-28,31H2,1-3H3/t41-/m1/s1. The zero-order valence-electron chi connectivity index (χ0n) is 34.4. The van der Waals surface area contributed by atoms with Crippen molar-refractivity contribution in [3.63, 3.8) is 0 Å². The number of phenols is 1. The smallest absolute Gasteiger partial charge is 0.410 e. The number of anilines is 2. The van der Waals surface area contributed by atoms with Crippen LogP contribution in [0.3, 0.4) is 0 Å². The lowest BCUT2D eigenvalue weighted by molar-refractivity contribution is -0.141. The average molecular weight is 797 g/mol. The number of carbonyl (C=O) groups is 4. The third-order valence-corrected chi connectivity index (χ3v) is 11.9. The minimum Gasteiger partial charge on any atom is -0.507 e. The Morgan fingerprint density at radius 3 is 2.21 bits per heavy atom. The van der Waals surface area contributed by atoms with E-state index in [1.54, 1.807) is 21.9 Å². The van der Waals surface area contributed by atoms with Gasteiger partial charge < -0.3 is 39.5 Å². The molecule has 13 nitrogen and oxygen atoms in total. The van der Waals surface area contributed by atoms with Gasteiger partial charge in [-0.2, -0.15) is 0 Å². The molecule has 0 radical (unpaired) electrons. The number of esters is 1. The fraction of sp³-hybridized carbons (Fsp3) is 0.511. The number of phenolic OH excluding ortho intramolecular Hbond substituents is 1. The quantitative estimate of drug-likeness (QED) is 0.155. The Kier molecular flexibility index (Phi) is 14.9. The number of piperidine rings is 2. The van der Waals surface area contributed by atoms with Crippen molar-refractivity contribution in [2.75, 3.05) is 89.3 Å². The van der Waals surface area contributed by atoms with Crippen LogP contribution in [0.25, 0.3) is 0 Å². The van der Waals surface area contributed by atoms with E-state index in [-0.39, 0.29) is 30.1 Å². The van der Waals surface area contributed by atoms with Gasteiger partial charge in [0.2, 0.25) is 6.41 Å². The van der Waals surface area contributed by atoms with Gasteiger partial charge in [-0.1, -0.05) is 36.8 Å². The highest BCUT2D eigenvalue weighted by Crippen LogP contribution is 2.26. The first-order valence-corrected chi connectivity index (χ1v) is 20.9. The second-order valence-electron chi connectivity index (χ2n) is 15.8. The maximum absolute atomic E-state index is 14.2. The molecule has 0 aromatic heterocycles. The number of nitrogens with zero attached hydrogens (tertiary/aromatic N) is 5. The largest absolute Gasteiger partial charge is 0.507 e. The van der Waals surface area contributed by atoms with Gasteiger partial charge >= 0.3 is 12.1 Å². The number of para-hydroxylation sites is 1. The molecule has 0 bridgehead atoms. The molecule has 3 heterocycles. The lowest BCUT2D eigenvalue weighted by Gasteiger charge is -2.38. The average Bonchev–Trinajstić information content (AvgIpc) is 3.26. The summed E-state index contributed by atoms with van der Waals surface area (Å²) < 4.78 is 11.6. The van der Waals surface area contributed by atoms with Gasteiger partial charge in [-0.05, 0) is 112 Å². The molecule has 312 valence electrons. The number of aromatic hydroxyl groups is 1. The van der Waals surface area contributed by atoms with Gasteiger partial charge in [-0.25, -0.2) is 9.59 Å². The van der Waals surface area contributed by atoms with Gasteiger partial charge in [0, 0.05) is 83.2 Å². The highest BCUT2D eigenvalue weighted by Gasteiger charge is 2.34. The zero-order valence-corrected chi connectivity index (χ0v) is 34.4. The van der Waals surface area contributed by atoms with Gasteiger partial charge in [-0.3, -0.25) is 14.5 Å². The van der Waals surface area contributed by atoms with Crippen molar-refractivity contribution in [3.8, 4) is 5.75 Å². The van der Waals surface area contributed by atoms with E-state index in [4.69, 9.17) is 9.47 Å². The topological polar surface area (TPSA) is 135 Å². The maximum atomic E-state index is 14.2. The van der Waals surface area contributed by atoms with Gasteiger partial charge in [0.25, 0.3) is 5.91 Å². The third-order valence-electron chi connectivity index (χ3n) is 11.9. The predicted molar refractivity (Wildman–Crippen MR) is 224 cm³/mol. The Morgan fingerprint density at radius 1 is 0.879 bits per heavy atom. The van der Waals surface area contributed by atoms with E-state index in [2.05, 4.69) is 21.2 Å². The van der Waals surface area contributed by atoms with E-state index in [0.29, 0.717) is 88.4 Å². The number of nitrogens with one attached hydrogen (secondary N) is 1. The Morgan fingerprint density at radius 2 is 1.55 bits per heavy atom. The van der Waals surface area contributed by atoms with E-state index >= 15 is 0 Å². The summed E-state index contributed by atoms with van der Waals surface area (Å²) in [5.41, 5.74) is 5.82. The van der Waals surface area contributed by atoms with Crippen molar-refractivity contribution in [2.24, 2.45) is 0 Å². The molecule has 6 rings (SSSR count). The van der Waals surface area contributed by atoms with Crippen molar-refractivity contribution >= 4 is 35.8 Å². The van der Waals surface area contributed by atoms with E-state index in [1.165, 1.54) is 19.3 Å². The number of ether oxygens (including phenoxy) is 2. The summed E-state index contributed by atoms with van der Waals surface area (Å²) >= 11 is 0. The lowest BCUT2D eigenvalue weighted by Crippen LogP contribution is -2.53. The van der Waals surface area contributed by atoms with Crippen LogP contribution in [-0.4, -0.2) is 140 Å². The molecular weight excluding hydrogens is 737 g/mol. The fourth-order valence-electron chi connectivity index (χ4n) is 8.42. The Labute approximate surface area is 342 Å². The van der Waals surface area contributed by atoms with E-state index < -0.39 is 12.2 Å². The molecule has 3 saturated heterocycles. The molecule has 3 aromatic carbocycles. The summed E-state index contributed by atoms with van der Waals surface area (Å²) in [5.74, 6) is -0.382. The van der Waals surface area contributed by atoms with Gasteiger partial charge in [0.15, 0.2) is 6.10 Å². The molecule has 3 aliphatic heterocycles. The van der Waals surface area contributed by atoms with E-state index in [9.17, 15) is 24.3 Å². The molecule has 1 atom stereocenters. The number of aryl methyl sites for hydroxylation is 2. The first kappa shape index (κ1) is 42.3. The van der Waals surface area contributed by atoms with Crippen LogP contribution in [0.15, 0.2) is 60.7 Å². The molecule has 58 heavy (non-hydrogen) atoms. The van der Waals surface area contributed by atoms with Crippen LogP contribution in [0, 0.1) is 13.8 Å². The number of amides is 3. The summed E-state index contributed by atoms with van der Waals surface area (Å²) in [6.45, 7) is 10.3. The molecule has 3 amide bonds. The fourth-order valence-corrected chi connectivity index (χ4v) is 8.42. The molecule has 3 fully saturated rings. The highest BCUT2D eigenvalue weighted by atomic mass is 16.6. The van der Waals surface area contributed by atoms with Crippen molar-refractivity contribution in [1.82, 2.24) is 19.6 Å². The van der Waals surface area contributed by atoms with Crippen molar-refractivity contribution in [2.45, 2.75) is 70.9 Å². The van der Waals surface area contributed by atoms with Gasteiger partial charge in [0.1, 0.15) is 12.4 Å². The van der Waals surface area contributed by atoms with Crippen LogP contribution >= 0.6 is 0 Å². The normalized spacial score (nSPS) is 17.1. The van der Waals surface area contributed by atoms with Crippen molar-refractivity contribution in [1.29, 1.82) is 0 Å². The van der Waals surface area contributed by atoms with Crippen molar-refractivity contribution < 1.29 is 33.8 Å². The third kappa shape index (κ3) is 11.0. The number of hydrogen-bond donors (Lipinski definition) is 2. The van der Waals surface area contributed by atoms with E-state index in [0.717, 1.165) is 48.5 Å². The molecule has 0 aliphatic carbocycles. The minimum atomic E-state index is -1.06. The molecule has 3 aliphatic rings. The number of piperazine rings is 1. The van der Waals surface area contributed by atoms with Crippen LogP contribution in [0.2, 0.25) is 0 Å². The van der Waals surface area contributed by atoms with Gasteiger partial charge in [-0.15, -0.1) is 0 Å². The highest BCUT2D eigenvalue weighted by molar-refractivity contribution is 5.90. The maximum Gasteiger partial charge on any atom is 0.410 e. The molecular formula is C45H60N6O7. The Bertz CT molecular complexity index is 1830. The molecule has 0 spiro atoms. The zero-order chi connectivity index (χ0) is 41.0. The lowest BCUT2D eigenvalue weighted by atomic mass is 10.0. The summed E-state index contributed by atoms with van der Waals surface area (Å²) in [6, 6.07) is 19.1. The molecule has 0 unspecified atom stereocenters. The Hall–Kier alpha value is -5.30. The molecule has 2 N–H and O–H groups in total. The summed E-state index contributed by atoms with van der Waals surface area (Å²) in [4.78, 5) is 62.5. The summed E-state index contributed by atoms with van der Waals surface area (Å²) in [6.07, 6.45) is 5.07. The molecule has 3 aromatic rings. The van der Waals surface area contributed by atoms with Crippen LogP contribution in [0.4, 0.5) is 16.2 Å². The number of benzene rings is 3. The first-order chi connectivity index (χ1) is 28.1. The van der Waals surface area contributed by atoms with Crippen LogP contribution in [-0.2, 0) is 31.9 Å². The molecule has 13 heteroatoms. The second-order valence-corrected chi connectivity index (χ2v) is 15.8. The molecule has 0 saturated carbocycles. The van der Waals surface area contributed by atoms with E-state index in [1.807, 2.05) is 68.3 Å². The second kappa shape index (κ2) is 20.4. The number of carbonyl (C=O) groups excluding carboxylic acids is 4. The number of hydrogen-bond acceptors (Lipinski definition) is 10. The minimum absolute atomic E-state index is 0.000634. The first-order valence-electron chi connectivity index (χ1n) is 20.9.